The number of thiazole rings is 1. The Kier molecular flexibility index (Phi) is 8.69. The highest BCUT2D eigenvalue weighted by molar-refractivity contribution is 8.93. The third-order valence-corrected chi connectivity index (χ3v) is 5.85. The number of nitrogens with zero attached hydrogens (tertiary/aromatic N) is 3. The van der Waals surface area contributed by atoms with Crippen LogP contribution in [0.5, 0.6) is 5.75 Å². The Labute approximate surface area is 192 Å². The minimum Gasteiger partial charge on any atom is -0.494 e. The summed E-state index contributed by atoms with van der Waals surface area (Å²) in [4.78, 5) is 8.41. The highest BCUT2D eigenvalue weighted by Crippen LogP contribution is 2.22. The minimum atomic E-state index is 0. The molecule has 3 aromatic rings. The molecule has 1 aliphatic heterocycles. The number of halogens is 1. The van der Waals surface area contributed by atoms with E-state index >= 15 is 0 Å². The standard InChI is InChI=1S/C23H27N3O2S.BrH/c1-2-28-21-10-8-20(9-11-21)24-23-26(13-12-25-14-16-27-17-15-25)22(18-29-23)19-6-4-3-5-7-19;/h3-11,18H,2,12-17H2,1H3;1H. The average molecular weight is 490 g/mol. The van der Waals surface area contributed by atoms with Crippen LogP contribution in [0, 0.1) is 0 Å². The van der Waals surface area contributed by atoms with Crippen molar-refractivity contribution in [2.75, 3.05) is 39.5 Å². The molecule has 0 amide bonds. The van der Waals surface area contributed by atoms with Gasteiger partial charge in [0.15, 0.2) is 4.80 Å². The molecule has 0 unspecified atom stereocenters. The number of rotatable bonds is 7. The molecule has 5 nitrogen and oxygen atoms in total. The summed E-state index contributed by atoms with van der Waals surface area (Å²) in [6.07, 6.45) is 0. The topological polar surface area (TPSA) is 39.0 Å². The Morgan fingerprint density at radius 3 is 2.43 bits per heavy atom. The molecule has 7 heteroatoms. The van der Waals surface area contributed by atoms with Crippen molar-refractivity contribution < 1.29 is 9.47 Å². The molecule has 0 aliphatic carbocycles. The molecular formula is C23H28BrN3O2S. The van der Waals surface area contributed by atoms with Gasteiger partial charge in [0.2, 0.25) is 0 Å². The number of aromatic nitrogens is 1. The normalized spacial score (nSPS) is 15.0. The lowest BCUT2D eigenvalue weighted by Gasteiger charge is -2.26. The van der Waals surface area contributed by atoms with Gasteiger partial charge in [0, 0.05) is 31.6 Å². The molecular weight excluding hydrogens is 462 g/mol. The maximum absolute atomic E-state index is 5.54. The summed E-state index contributed by atoms with van der Waals surface area (Å²) >= 11 is 1.69. The fraction of sp³-hybridized carbons (Fsp3) is 0.348. The predicted molar refractivity (Wildman–Crippen MR) is 128 cm³/mol. The van der Waals surface area contributed by atoms with Crippen LogP contribution in [-0.2, 0) is 11.3 Å². The van der Waals surface area contributed by atoms with Crippen LogP contribution < -0.4 is 9.54 Å². The van der Waals surface area contributed by atoms with E-state index in [-0.39, 0.29) is 17.0 Å². The van der Waals surface area contributed by atoms with Crippen LogP contribution in [0.4, 0.5) is 5.69 Å². The number of ether oxygens (including phenoxy) is 2. The highest BCUT2D eigenvalue weighted by atomic mass is 79.9. The van der Waals surface area contributed by atoms with Crippen molar-refractivity contribution in [1.82, 2.24) is 9.47 Å². The van der Waals surface area contributed by atoms with Crippen LogP contribution >= 0.6 is 28.3 Å². The van der Waals surface area contributed by atoms with Gasteiger partial charge in [-0.25, -0.2) is 4.99 Å². The lowest BCUT2D eigenvalue weighted by Crippen LogP contribution is -2.39. The van der Waals surface area contributed by atoms with Gasteiger partial charge >= 0.3 is 0 Å². The summed E-state index contributed by atoms with van der Waals surface area (Å²) in [5, 5.41) is 2.21. The zero-order chi connectivity index (χ0) is 19.9. The quantitative estimate of drug-likeness (QED) is 0.480. The van der Waals surface area contributed by atoms with Crippen LogP contribution in [0.1, 0.15) is 6.92 Å². The van der Waals surface area contributed by atoms with Crippen LogP contribution in [0.2, 0.25) is 0 Å². The molecule has 2 aromatic carbocycles. The Bertz CT molecular complexity index is 964. The molecule has 160 valence electrons. The second-order valence-corrected chi connectivity index (χ2v) is 7.75. The SMILES string of the molecule is Br.CCOc1ccc(N=c2scc(-c3ccccc3)n2CCN2CCOCC2)cc1. The second-order valence-electron chi connectivity index (χ2n) is 6.91. The highest BCUT2D eigenvalue weighted by Gasteiger charge is 2.13. The van der Waals surface area contributed by atoms with Gasteiger partial charge in [0.05, 0.1) is 31.2 Å². The summed E-state index contributed by atoms with van der Waals surface area (Å²) in [6.45, 7) is 8.20. The molecule has 4 rings (SSSR count). The first-order chi connectivity index (χ1) is 14.3. The van der Waals surface area contributed by atoms with E-state index < -0.39 is 0 Å². The number of morpholine rings is 1. The van der Waals surface area contributed by atoms with Crippen molar-refractivity contribution in [3.63, 3.8) is 0 Å². The molecule has 0 radical (unpaired) electrons. The van der Waals surface area contributed by atoms with E-state index in [0.29, 0.717) is 6.61 Å². The van der Waals surface area contributed by atoms with E-state index in [2.05, 4.69) is 45.2 Å². The Morgan fingerprint density at radius 1 is 1.00 bits per heavy atom. The number of hydrogen-bond donors (Lipinski definition) is 0. The first-order valence-electron chi connectivity index (χ1n) is 10.1. The van der Waals surface area contributed by atoms with Crippen molar-refractivity contribution in [2.45, 2.75) is 13.5 Å². The average Bonchev–Trinajstić information content (AvgIpc) is 3.17. The van der Waals surface area contributed by atoms with Gasteiger partial charge in [-0.2, -0.15) is 0 Å². The molecule has 1 fully saturated rings. The zero-order valence-electron chi connectivity index (χ0n) is 17.2. The van der Waals surface area contributed by atoms with Crippen molar-refractivity contribution in [3.8, 4) is 17.0 Å². The summed E-state index contributed by atoms with van der Waals surface area (Å²) in [5.41, 5.74) is 3.38. The van der Waals surface area contributed by atoms with E-state index in [9.17, 15) is 0 Å². The van der Waals surface area contributed by atoms with Gasteiger partial charge in [-0.1, -0.05) is 30.3 Å². The second kappa shape index (κ2) is 11.5. The molecule has 1 aliphatic rings. The third-order valence-electron chi connectivity index (χ3n) is 4.98. The van der Waals surface area contributed by atoms with E-state index in [0.717, 1.165) is 55.6 Å². The molecule has 0 atom stereocenters. The molecule has 0 N–H and O–H groups in total. The smallest absolute Gasteiger partial charge is 0.190 e. The third kappa shape index (κ3) is 5.82. The van der Waals surface area contributed by atoms with E-state index in [1.807, 2.05) is 31.2 Å². The van der Waals surface area contributed by atoms with Crippen LogP contribution in [0.25, 0.3) is 11.3 Å². The summed E-state index contributed by atoms with van der Waals surface area (Å²) < 4.78 is 13.4. The molecule has 0 spiro atoms. The molecule has 0 bridgehead atoms. The molecule has 0 saturated carbocycles. The van der Waals surface area contributed by atoms with Gasteiger partial charge in [-0.3, -0.25) is 4.90 Å². The van der Waals surface area contributed by atoms with Crippen LogP contribution in [-0.4, -0.2) is 48.9 Å². The Balaban J connectivity index is 0.00000256. The van der Waals surface area contributed by atoms with Gasteiger partial charge in [-0.15, -0.1) is 28.3 Å². The van der Waals surface area contributed by atoms with Crippen LogP contribution in [0.15, 0.2) is 65.0 Å². The van der Waals surface area contributed by atoms with Crippen molar-refractivity contribution in [1.29, 1.82) is 0 Å². The monoisotopic (exact) mass is 489 g/mol. The fourth-order valence-corrected chi connectivity index (χ4v) is 4.39. The van der Waals surface area contributed by atoms with Crippen molar-refractivity contribution in [3.05, 3.63) is 64.8 Å². The predicted octanol–water partition coefficient (Wildman–Crippen LogP) is 4.76. The lowest BCUT2D eigenvalue weighted by molar-refractivity contribution is 0.0363. The number of hydrogen-bond acceptors (Lipinski definition) is 5. The fourth-order valence-electron chi connectivity index (χ4n) is 3.43. The molecule has 2 heterocycles. The first kappa shape index (κ1) is 22.7. The van der Waals surface area contributed by atoms with E-state index in [1.54, 1.807) is 11.3 Å². The maximum Gasteiger partial charge on any atom is 0.190 e. The van der Waals surface area contributed by atoms with Crippen molar-refractivity contribution >= 4 is 34.0 Å². The summed E-state index contributed by atoms with van der Waals surface area (Å²) in [6, 6.07) is 18.5. The summed E-state index contributed by atoms with van der Waals surface area (Å²) in [7, 11) is 0. The Morgan fingerprint density at radius 2 is 1.73 bits per heavy atom. The largest absolute Gasteiger partial charge is 0.494 e. The molecule has 1 aromatic heterocycles. The van der Waals surface area contributed by atoms with Crippen LogP contribution in [0.3, 0.4) is 0 Å². The maximum atomic E-state index is 5.54. The Hall–Kier alpha value is -1.93. The lowest BCUT2D eigenvalue weighted by atomic mass is 10.2. The zero-order valence-corrected chi connectivity index (χ0v) is 19.7. The van der Waals surface area contributed by atoms with Gasteiger partial charge < -0.3 is 14.0 Å². The van der Waals surface area contributed by atoms with Gasteiger partial charge in [-0.05, 0) is 36.8 Å². The summed E-state index contributed by atoms with van der Waals surface area (Å²) in [5.74, 6) is 0.878. The molecule has 1 saturated heterocycles. The van der Waals surface area contributed by atoms with E-state index in [1.165, 1.54) is 11.3 Å². The molecule has 30 heavy (non-hydrogen) atoms. The van der Waals surface area contributed by atoms with E-state index in [4.69, 9.17) is 14.5 Å². The van der Waals surface area contributed by atoms with Crippen molar-refractivity contribution in [2.24, 2.45) is 4.99 Å². The number of benzene rings is 2. The minimum absolute atomic E-state index is 0. The van der Waals surface area contributed by atoms with Gasteiger partial charge in [0.1, 0.15) is 5.75 Å². The van der Waals surface area contributed by atoms with Gasteiger partial charge in [0.25, 0.3) is 0 Å². The first-order valence-corrected chi connectivity index (χ1v) is 11.0.